The van der Waals surface area contributed by atoms with Gasteiger partial charge in [0, 0.05) is 12.6 Å². The fourth-order valence-electron chi connectivity index (χ4n) is 2.51. The monoisotopic (exact) mass is 281 g/mol. The van der Waals surface area contributed by atoms with Crippen LogP contribution in [0.15, 0.2) is 24.3 Å². The highest BCUT2D eigenvalue weighted by atomic mass is 35.5. The summed E-state index contributed by atoms with van der Waals surface area (Å²) in [5.41, 5.74) is 0.679. The summed E-state index contributed by atoms with van der Waals surface area (Å²) in [5.74, 6) is -0.00361. The van der Waals surface area contributed by atoms with Crippen molar-refractivity contribution >= 4 is 23.2 Å². The van der Waals surface area contributed by atoms with Crippen LogP contribution in [0.2, 0.25) is 5.02 Å². The number of para-hydroxylation sites is 1. The molecule has 1 aromatic rings. The Morgan fingerprint density at radius 2 is 2.26 bits per heavy atom. The molecule has 1 amide bonds. The van der Waals surface area contributed by atoms with Gasteiger partial charge in [-0.15, -0.1) is 0 Å². The SMILES string of the molecule is CNCC1CCCN1CC(=O)Nc1ccccc1Cl. The van der Waals surface area contributed by atoms with E-state index in [0.717, 1.165) is 25.9 Å². The van der Waals surface area contributed by atoms with Crippen LogP contribution in [-0.4, -0.2) is 43.5 Å². The van der Waals surface area contributed by atoms with Crippen LogP contribution < -0.4 is 10.6 Å². The Morgan fingerprint density at radius 1 is 1.47 bits per heavy atom. The average Bonchev–Trinajstić information content (AvgIpc) is 2.80. The molecule has 104 valence electrons. The Hall–Kier alpha value is -1.10. The molecule has 19 heavy (non-hydrogen) atoms. The Bertz CT molecular complexity index is 438. The first kappa shape index (κ1) is 14.3. The van der Waals surface area contributed by atoms with Crippen molar-refractivity contribution in [2.24, 2.45) is 0 Å². The zero-order chi connectivity index (χ0) is 13.7. The molecule has 0 radical (unpaired) electrons. The lowest BCUT2D eigenvalue weighted by atomic mass is 10.2. The van der Waals surface area contributed by atoms with Crippen LogP contribution in [-0.2, 0) is 4.79 Å². The molecule has 1 atom stereocenters. The number of hydrogen-bond acceptors (Lipinski definition) is 3. The molecule has 1 aromatic carbocycles. The third-order valence-corrected chi connectivity index (χ3v) is 3.76. The number of hydrogen-bond donors (Lipinski definition) is 2. The lowest BCUT2D eigenvalue weighted by Crippen LogP contribution is -2.41. The number of carbonyl (C=O) groups is 1. The minimum Gasteiger partial charge on any atom is -0.324 e. The Kier molecular flexibility index (Phi) is 5.19. The van der Waals surface area contributed by atoms with Crippen molar-refractivity contribution in [1.29, 1.82) is 0 Å². The Morgan fingerprint density at radius 3 is 3.00 bits per heavy atom. The largest absolute Gasteiger partial charge is 0.324 e. The van der Waals surface area contributed by atoms with Crippen LogP contribution in [0, 0.1) is 0 Å². The minimum absolute atomic E-state index is 0.00361. The van der Waals surface area contributed by atoms with E-state index in [4.69, 9.17) is 11.6 Å². The van der Waals surface area contributed by atoms with Gasteiger partial charge in [0.1, 0.15) is 0 Å². The fourth-order valence-corrected chi connectivity index (χ4v) is 2.69. The van der Waals surface area contributed by atoms with E-state index in [-0.39, 0.29) is 5.91 Å². The van der Waals surface area contributed by atoms with Gasteiger partial charge in [-0.2, -0.15) is 0 Å². The van der Waals surface area contributed by atoms with Gasteiger partial charge in [0.25, 0.3) is 0 Å². The topological polar surface area (TPSA) is 44.4 Å². The number of anilines is 1. The van der Waals surface area contributed by atoms with Crippen molar-refractivity contribution < 1.29 is 4.79 Å². The average molecular weight is 282 g/mol. The van der Waals surface area contributed by atoms with E-state index in [0.29, 0.717) is 23.3 Å². The van der Waals surface area contributed by atoms with Crippen molar-refractivity contribution in [2.75, 3.05) is 32.0 Å². The molecule has 0 bridgehead atoms. The predicted octanol–water partition coefficient (Wildman–Crippen LogP) is 1.96. The molecule has 1 fully saturated rings. The first-order valence-corrected chi connectivity index (χ1v) is 7.01. The first-order chi connectivity index (χ1) is 9.20. The highest BCUT2D eigenvalue weighted by Gasteiger charge is 2.25. The molecule has 1 aliphatic heterocycles. The number of amides is 1. The maximum Gasteiger partial charge on any atom is 0.238 e. The minimum atomic E-state index is -0.00361. The van der Waals surface area contributed by atoms with Crippen LogP contribution in [0.5, 0.6) is 0 Å². The molecule has 2 rings (SSSR count). The normalized spacial score (nSPS) is 19.6. The summed E-state index contributed by atoms with van der Waals surface area (Å²) in [6, 6.07) is 7.76. The summed E-state index contributed by atoms with van der Waals surface area (Å²) in [6.45, 7) is 2.35. The number of likely N-dealkylation sites (tertiary alicyclic amines) is 1. The number of benzene rings is 1. The van der Waals surface area contributed by atoms with Gasteiger partial charge in [-0.3, -0.25) is 9.69 Å². The summed E-state index contributed by atoms with van der Waals surface area (Å²) >= 11 is 6.03. The lowest BCUT2D eigenvalue weighted by molar-refractivity contribution is -0.117. The van der Waals surface area contributed by atoms with Crippen LogP contribution in [0.4, 0.5) is 5.69 Å². The third-order valence-electron chi connectivity index (χ3n) is 3.43. The smallest absolute Gasteiger partial charge is 0.238 e. The molecule has 0 aromatic heterocycles. The number of carbonyl (C=O) groups excluding carboxylic acids is 1. The van der Waals surface area contributed by atoms with Gasteiger partial charge in [0.05, 0.1) is 17.3 Å². The number of halogens is 1. The standard InChI is InChI=1S/C14H20ClN3O/c1-16-9-11-5-4-8-18(11)10-14(19)17-13-7-3-2-6-12(13)15/h2-3,6-7,11,16H,4-5,8-10H2,1H3,(H,17,19). The molecule has 1 unspecified atom stereocenters. The van der Waals surface area contributed by atoms with E-state index in [2.05, 4.69) is 15.5 Å². The molecule has 0 saturated carbocycles. The molecule has 2 N–H and O–H groups in total. The fraction of sp³-hybridized carbons (Fsp3) is 0.500. The van der Waals surface area contributed by atoms with Gasteiger partial charge >= 0.3 is 0 Å². The van der Waals surface area contributed by atoms with Crippen molar-refractivity contribution in [1.82, 2.24) is 10.2 Å². The molecule has 0 aliphatic carbocycles. The summed E-state index contributed by atoms with van der Waals surface area (Å²) in [5, 5.41) is 6.62. The lowest BCUT2D eigenvalue weighted by Gasteiger charge is -2.23. The van der Waals surface area contributed by atoms with Gasteiger partial charge in [-0.25, -0.2) is 0 Å². The predicted molar refractivity (Wildman–Crippen MR) is 78.6 cm³/mol. The van der Waals surface area contributed by atoms with E-state index < -0.39 is 0 Å². The van der Waals surface area contributed by atoms with Crippen molar-refractivity contribution in [3.63, 3.8) is 0 Å². The molecule has 1 heterocycles. The van der Waals surface area contributed by atoms with Crippen LogP contribution in [0.25, 0.3) is 0 Å². The van der Waals surface area contributed by atoms with Crippen molar-refractivity contribution in [3.05, 3.63) is 29.3 Å². The second-order valence-electron chi connectivity index (χ2n) is 4.85. The summed E-state index contributed by atoms with van der Waals surface area (Å²) in [6.07, 6.45) is 2.31. The summed E-state index contributed by atoms with van der Waals surface area (Å²) < 4.78 is 0. The number of nitrogens with one attached hydrogen (secondary N) is 2. The number of rotatable bonds is 5. The number of nitrogens with zero attached hydrogens (tertiary/aromatic N) is 1. The van der Waals surface area contributed by atoms with E-state index in [9.17, 15) is 4.79 Å². The van der Waals surface area contributed by atoms with Gasteiger partial charge in [0.15, 0.2) is 0 Å². The van der Waals surface area contributed by atoms with Gasteiger partial charge in [-0.1, -0.05) is 23.7 Å². The van der Waals surface area contributed by atoms with Crippen LogP contribution >= 0.6 is 11.6 Å². The van der Waals surface area contributed by atoms with Crippen molar-refractivity contribution in [2.45, 2.75) is 18.9 Å². The molecule has 1 saturated heterocycles. The highest BCUT2D eigenvalue weighted by Crippen LogP contribution is 2.21. The van der Waals surface area contributed by atoms with Crippen LogP contribution in [0.1, 0.15) is 12.8 Å². The first-order valence-electron chi connectivity index (χ1n) is 6.63. The van der Waals surface area contributed by atoms with Gasteiger partial charge < -0.3 is 10.6 Å². The maximum atomic E-state index is 12.0. The van der Waals surface area contributed by atoms with Crippen LogP contribution in [0.3, 0.4) is 0 Å². The Balaban J connectivity index is 1.89. The Labute approximate surface area is 119 Å². The molecule has 0 spiro atoms. The molecular weight excluding hydrogens is 262 g/mol. The molecule has 4 nitrogen and oxygen atoms in total. The summed E-state index contributed by atoms with van der Waals surface area (Å²) in [7, 11) is 1.94. The molecular formula is C14H20ClN3O. The number of likely N-dealkylation sites (N-methyl/N-ethyl adjacent to an activating group) is 1. The molecule has 5 heteroatoms. The highest BCUT2D eigenvalue weighted by molar-refractivity contribution is 6.33. The van der Waals surface area contributed by atoms with E-state index >= 15 is 0 Å². The van der Waals surface area contributed by atoms with E-state index in [1.54, 1.807) is 6.07 Å². The van der Waals surface area contributed by atoms with E-state index in [1.807, 2.05) is 25.2 Å². The molecule has 1 aliphatic rings. The third kappa shape index (κ3) is 3.93. The second kappa shape index (κ2) is 6.89. The van der Waals surface area contributed by atoms with Gasteiger partial charge in [0.2, 0.25) is 5.91 Å². The van der Waals surface area contributed by atoms with Crippen molar-refractivity contribution in [3.8, 4) is 0 Å². The second-order valence-corrected chi connectivity index (χ2v) is 5.26. The quantitative estimate of drug-likeness (QED) is 0.867. The maximum absolute atomic E-state index is 12.0. The zero-order valence-electron chi connectivity index (χ0n) is 11.2. The van der Waals surface area contributed by atoms with E-state index in [1.165, 1.54) is 0 Å². The summed E-state index contributed by atoms with van der Waals surface area (Å²) in [4.78, 5) is 14.3. The zero-order valence-corrected chi connectivity index (χ0v) is 11.9. The van der Waals surface area contributed by atoms with Gasteiger partial charge in [-0.05, 0) is 38.6 Å².